The number of rotatable bonds is 4. The summed E-state index contributed by atoms with van der Waals surface area (Å²) in [5, 5.41) is 8.85. The van der Waals surface area contributed by atoms with Crippen LogP contribution >= 0.6 is 0 Å². The summed E-state index contributed by atoms with van der Waals surface area (Å²) in [6.07, 6.45) is -2.30. The van der Waals surface area contributed by atoms with Crippen molar-refractivity contribution in [2.45, 2.75) is 12.8 Å². The number of hydrogen-bond acceptors (Lipinski definition) is 5. The lowest BCUT2D eigenvalue weighted by Gasteiger charge is -2.13. The van der Waals surface area contributed by atoms with Crippen LogP contribution in [0.15, 0.2) is 6.20 Å². The van der Waals surface area contributed by atoms with E-state index in [0.717, 1.165) is 13.3 Å². The first-order valence-electron chi connectivity index (χ1n) is 4.86. The molecule has 0 saturated heterocycles. The van der Waals surface area contributed by atoms with E-state index in [0.29, 0.717) is 0 Å². The number of halogens is 2. The highest BCUT2D eigenvalue weighted by Crippen LogP contribution is 2.33. The van der Waals surface area contributed by atoms with Gasteiger partial charge in [0, 0.05) is 11.8 Å². The largest absolute Gasteiger partial charge is 0.496 e. The smallest absolute Gasteiger partial charge is 0.310 e. The van der Waals surface area contributed by atoms with Crippen LogP contribution in [-0.2, 0) is 16.0 Å². The van der Waals surface area contributed by atoms with Gasteiger partial charge in [0.05, 0.1) is 26.2 Å². The number of nitrogens with zero attached hydrogens (tertiary/aromatic N) is 2. The predicted octanol–water partition coefficient (Wildman–Crippen LogP) is 1.61. The second-order valence-electron chi connectivity index (χ2n) is 3.24. The van der Waals surface area contributed by atoms with Crippen molar-refractivity contribution in [2.75, 3.05) is 14.2 Å². The lowest BCUT2D eigenvalue weighted by atomic mass is 10.1. The summed E-state index contributed by atoms with van der Waals surface area (Å²) < 4.78 is 34.7. The molecule has 1 heterocycles. The maximum Gasteiger partial charge on any atom is 0.310 e. The van der Waals surface area contributed by atoms with Crippen molar-refractivity contribution in [3.8, 4) is 11.8 Å². The topological polar surface area (TPSA) is 72.2 Å². The van der Waals surface area contributed by atoms with Gasteiger partial charge < -0.3 is 9.47 Å². The lowest BCUT2D eigenvalue weighted by molar-refractivity contribution is -0.139. The van der Waals surface area contributed by atoms with Crippen molar-refractivity contribution in [1.82, 2.24) is 4.98 Å². The number of alkyl halides is 2. The number of ether oxygens (including phenoxy) is 2. The second kappa shape index (κ2) is 5.91. The molecule has 0 amide bonds. The summed E-state index contributed by atoms with van der Waals surface area (Å²) in [6.45, 7) is 0. The van der Waals surface area contributed by atoms with Crippen LogP contribution in [0, 0.1) is 11.3 Å². The molecular formula is C11H10F2N2O3. The van der Waals surface area contributed by atoms with E-state index in [9.17, 15) is 13.6 Å². The van der Waals surface area contributed by atoms with E-state index < -0.39 is 18.0 Å². The van der Waals surface area contributed by atoms with Gasteiger partial charge in [-0.1, -0.05) is 0 Å². The van der Waals surface area contributed by atoms with Gasteiger partial charge in [0.1, 0.15) is 17.5 Å². The Bertz CT molecular complexity index is 498. The summed E-state index contributed by atoms with van der Waals surface area (Å²) >= 11 is 0. The Morgan fingerprint density at radius 2 is 2.22 bits per heavy atom. The third-order valence-electron chi connectivity index (χ3n) is 2.25. The molecule has 1 rings (SSSR count). The minimum Gasteiger partial charge on any atom is -0.496 e. The fraction of sp³-hybridized carbons (Fsp3) is 0.364. The number of carbonyl (C=O) groups excluding carboxylic acids is 1. The van der Waals surface area contributed by atoms with Gasteiger partial charge in [-0.15, -0.1) is 0 Å². The molecule has 0 aromatic carbocycles. The molecule has 0 aliphatic carbocycles. The van der Waals surface area contributed by atoms with Gasteiger partial charge in [0.25, 0.3) is 6.43 Å². The Morgan fingerprint density at radius 1 is 1.56 bits per heavy atom. The highest BCUT2D eigenvalue weighted by atomic mass is 19.3. The van der Waals surface area contributed by atoms with Gasteiger partial charge in [0.2, 0.25) is 0 Å². The SMILES string of the molecule is COC(=O)Cc1c(C#N)ncc(C(F)F)c1OC. The van der Waals surface area contributed by atoms with Gasteiger partial charge in [-0.05, 0) is 0 Å². The number of aromatic nitrogens is 1. The van der Waals surface area contributed by atoms with E-state index >= 15 is 0 Å². The fourth-order valence-corrected chi connectivity index (χ4v) is 1.43. The number of pyridine rings is 1. The summed E-state index contributed by atoms with van der Waals surface area (Å²) in [5.41, 5.74) is -0.596. The van der Waals surface area contributed by atoms with Crippen molar-refractivity contribution in [1.29, 1.82) is 5.26 Å². The molecule has 5 nitrogen and oxygen atoms in total. The van der Waals surface area contributed by atoms with Crippen molar-refractivity contribution < 1.29 is 23.0 Å². The first kappa shape index (κ1) is 13.8. The molecule has 7 heteroatoms. The zero-order valence-electron chi connectivity index (χ0n) is 9.74. The maximum absolute atomic E-state index is 12.7. The standard InChI is InChI=1S/C11H10F2N2O3/c1-17-9(16)3-6-8(4-14)15-5-7(11(12)13)10(6)18-2/h5,11H,3H2,1-2H3. The van der Waals surface area contributed by atoms with Crippen LogP contribution in [0.25, 0.3) is 0 Å². The van der Waals surface area contributed by atoms with E-state index in [-0.39, 0.29) is 23.4 Å². The van der Waals surface area contributed by atoms with Crippen molar-refractivity contribution in [3.63, 3.8) is 0 Å². The van der Waals surface area contributed by atoms with Crippen LogP contribution in [-0.4, -0.2) is 25.2 Å². The Balaban J connectivity index is 3.38. The highest BCUT2D eigenvalue weighted by Gasteiger charge is 2.23. The Morgan fingerprint density at radius 3 is 2.67 bits per heavy atom. The summed E-state index contributed by atoms with van der Waals surface area (Å²) in [6, 6.07) is 1.72. The molecule has 0 bridgehead atoms. The van der Waals surface area contributed by atoms with Gasteiger partial charge in [0.15, 0.2) is 0 Å². The van der Waals surface area contributed by atoms with E-state index in [1.54, 1.807) is 6.07 Å². The lowest BCUT2D eigenvalue weighted by Crippen LogP contribution is -2.10. The average Bonchev–Trinajstić information content (AvgIpc) is 2.37. The van der Waals surface area contributed by atoms with E-state index in [1.807, 2.05) is 0 Å². The maximum atomic E-state index is 12.7. The van der Waals surface area contributed by atoms with E-state index in [4.69, 9.17) is 10.00 Å². The second-order valence-corrected chi connectivity index (χ2v) is 3.24. The van der Waals surface area contributed by atoms with Crippen LogP contribution in [0.1, 0.15) is 23.2 Å². The van der Waals surface area contributed by atoms with Crippen LogP contribution in [0.4, 0.5) is 8.78 Å². The molecule has 0 unspecified atom stereocenters. The average molecular weight is 256 g/mol. The zero-order valence-corrected chi connectivity index (χ0v) is 9.74. The Hall–Kier alpha value is -2.23. The monoisotopic (exact) mass is 256 g/mol. The first-order valence-corrected chi connectivity index (χ1v) is 4.86. The molecule has 1 aromatic rings. The summed E-state index contributed by atoms with van der Waals surface area (Å²) in [7, 11) is 2.34. The Labute approximate surface area is 102 Å². The Kier molecular flexibility index (Phi) is 4.54. The van der Waals surface area contributed by atoms with Crippen LogP contribution in [0.2, 0.25) is 0 Å². The molecule has 0 N–H and O–H groups in total. The molecule has 0 atom stereocenters. The quantitative estimate of drug-likeness (QED) is 0.765. The van der Waals surface area contributed by atoms with Crippen molar-refractivity contribution in [3.05, 3.63) is 23.0 Å². The molecule has 18 heavy (non-hydrogen) atoms. The summed E-state index contributed by atoms with van der Waals surface area (Å²) in [5.74, 6) is -0.875. The normalized spacial score (nSPS) is 10.0. The number of carbonyl (C=O) groups is 1. The minimum atomic E-state index is -2.81. The number of hydrogen-bond donors (Lipinski definition) is 0. The highest BCUT2D eigenvalue weighted by molar-refractivity contribution is 5.74. The van der Waals surface area contributed by atoms with E-state index in [1.165, 1.54) is 7.11 Å². The van der Waals surface area contributed by atoms with Crippen LogP contribution in [0.3, 0.4) is 0 Å². The van der Waals surface area contributed by atoms with Gasteiger partial charge in [-0.2, -0.15) is 5.26 Å². The molecule has 0 saturated carbocycles. The molecule has 1 aromatic heterocycles. The first-order chi connectivity index (χ1) is 8.54. The molecule has 0 aliphatic rings. The predicted molar refractivity (Wildman–Crippen MR) is 56.2 cm³/mol. The van der Waals surface area contributed by atoms with Gasteiger partial charge in [-0.25, -0.2) is 13.8 Å². The number of esters is 1. The number of nitriles is 1. The van der Waals surface area contributed by atoms with Crippen LogP contribution < -0.4 is 4.74 Å². The van der Waals surface area contributed by atoms with E-state index in [2.05, 4.69) is 9.72 Å². The van der Waals surface area contributed by atoms with Crippen LogP contribution in [0.5, 0.6) is 5.75 Å². The third kappa shape index (κ3) is 2.71. The van der Waals surface area contributed by atoms with Gasteiger partial charge >= 0.3 is 5.97 Å². The molecule has 0 spiro atoms. The summed E-state index contributed by atoms with van der Waals surface area (Å²) in [4.78, 5) is 14.8. The molecular weight excluding hydrogens is 246 g/mol. The molecule has 96 valence electrons. The molecule has 0 fully saturated rings. The minimum absolute atomic E-state index is 0.00431. The molecule has 0 radical (unpaired) electrons. The zero-order chi connectivity index (χ0) is 13.7. The third-order valence-corrected chi connectivity index (χ3v) is 2.25. The fourth-order valence-electron chi connectivity index (χ4n) is 1.43. The van der Waals surface area contributed by atoms with Gasteiger partial charge in [-0.3, -0.25) is 4.79 Å². The number of methoxy groups -OCH3 is 2. The van der Waals surface area contributed by atoms with Crippen molar-refractivity contribution in [2.24, 2.45) is 0 Å². The van der Waals surface area contributed by atoms with Crippen molar-refractivity contribution >= 4 is 5.97 Å². The molecule has 0 aliphatic heterocycles.